The summed E-state index contributed by atoms with van der Waals surface area (Å²) in [6.45, 7) is 13.3. The van der Waals surface area contributed by atoms with Crippen LogP contribution >= 0.6 is 0 Å². The molecule has 0 bridgehead atoms. The van der Waals surface area contributed by atoms with Crippen molar-refractivity contribution in [2.45, 2.75) is 59.5 Å². The molecular formula is C18H36N2O2. The van der Waals surface area contributed by atoms with Crippen LogP contribution in [-0.4, -0.2) is 61.6 Å². The van der Waals surface area contributed by atoms with Crippen LogP contribution in [0.25, 0.3) is 0 Å². The minimum Gasteiger partial charge on any atom is -0.374 e. The molecule has 4 nitrogen and oxygen atoms in total. The molecule has 0 aliphatic carbocycles. The Labute approximate surface area is 137 Å². The van der Waals surface area contributed by atoms with Crippen LogP contribution in [-0.2, 0) is 9.53 Å². The Hall–Kier alpha value is -0.610. The lowest BCUT2D eigenvalue weighted by Gasteiger charge is -2.35. The minimum atomic E-state index is 0.111. The Morgan fingerprint density at radius 2 is 2.05 bits per heavy atom. The molecule has 3 atom stereocenters. The predicted octanol–water partition coefficient (Wildman–Crippen LogP) is 3.02. The SMILES string of the molecule is CCC(C)CCCN1CCO[C@@H](CN(C)C(=O)C(C)CC)C1. The van der Waals surface area contributed by atoms with E-state index in [2.05, 4.69) is 25.7 Å². The first-order valence-corrected chi connectivity index (χ1v) is 9.06. The first kappa shape index (κ1) is 19.4. The van der Waals surface area contributed by atoms with Crippen molar-refractivity contribution in [3.63, 3.8) is 0 Å². The lowest BCUT2D eigenvalue weighted by atomic mass is 10.0. The highest BCUT2D eigenvalue weighted by Crippen LogP contribution is 2.13. The summed E-state index contributed by atoms with van der Waals surface area (Å²) in [7, 11) is 1.90. The fraction of sp³-hybridized carbons (Fsp3) is 0.944. The van der Waals surface area contributed by atoms with E-state index in [4.69, 9.17) is 4.74 Å². The van der Waals surface area contributed by atoms with Gasteiger partial charge in [0.15, 0.2) is 0 Å². The van der Waals surface area contributed by atoms with Crippen LogP contribution in [0.3, 0.4) is 0 Å². The number of carbonyl (C=O) groups is 1. The number of carbonyl (C=O) groups excluding carboxylic acids is 1. The van der Waals surface area contributed by atoms with Crippen molar-refractivity contribution >= 4 is 5.91 Å². The molecule has 0 radical (unpaired) electrons. The molecule has 0 aromatic carbocycles. The highest BCUT2D eigenvalue weighted by atomic mass is 16.5. The number of morpholine rings is 1. The molecule has 1 rings (SSSR count). The van der Waals surface area contributed by atoms with Crippen LogP contribution in [0, 0.1) is 11.8 Å². The third-order valence-electron chi connectivity index (χ3n) is 4.98. The van der Waals surface area contributed by atoms with Crippen LogP contribution in [0.2, 0.25) is 0 Å². The molecule has 1 fully saturated rings. The third-order valence-corrected chi connectivity index (χ3v) is 4.98. The molecule has 0 N–H and O–H groups in total. The largest absolute Gasteiger partial charge is 0.374 e. The van der Waals surface area contributed by atoms with E-state index < -0.39 is 0 Å². The number of hydrogen-bond donors (Lipinski definition) is 0. The van der Waals surface area contributed by atoms with E-state index in [1.165, 1.54) is 19.3 Å². The Balaban J connectivity index is 2.32. The summed E-state index contributed by atoms with van der Waals surface area (Å²) in [5.74, 6) is 1.18. The summed E-state index contributed by atoms with van der Waals surface area (Å²) in [5, 5.41) is 0. The van der Waals surface area contributed by atoms with E-state index in [1.807, 2.05) is 18.9 Å². The monoisotopic (exact) mass is 312 g/mol. The number of ether oxygens (including phenoxy) is 1. The summed E-state index contributed by atoms with van der Waals surface area (Å²) in [5.41, 5.74) is 0. The van der Waals surface area contributed by atoms with Crippen molar-refractivity contribution in [2.75, 3.05) is 39.8 Å². The Morgan fingerprint density at radius 3 is 2.68 bits per heavy atom. The van der Waals surface area contributed by atoms with Gasteiger partial charge in [-0.3, -0.25) is 9.69 Å². The number of amides is 1. The number of rotatable bonds is 9. The van der Waals surface area contributed by atoms with Gasteiger partial charge in [0.25, 0.3) is 0 Å². The van der Waals surface area contributed by atoms with Crippen molar-refractivity contribution in [1.82, 2.24) is 9.80 Å². The molecule has 4 heteroatoms. The van der Waals surface area contributed by atoms with Gasteiger partial charge in [0.05, 0.1) is 12.7 Å². The van der Waals surface area contributed by atoms with E-state index in [-0.39, 0.29) is 17.9 Å². The van der Waals surface area contributed by atoms with Crippen molar-refractivity contribution in [3.8, 4) is 0 Å². The van der Waals surface area contributed by atoms with Gasteiger partial charge in [0.2, 0.25) is 5.91 Å². The second-order valence-electron chi connectivity index (χ2n) is 6.98. The Kier molecular flexibility index (Phi) is 9.03. The molecule has 0 spiro atoms. The number of nitrogens with zero attached hydrogens (tertiary/aromatic N) is 2. The molecule has 0 saturated carbocycles. The zero-order valence-corrected chi connectivity index (χ0v) is 15.3. The van der Waals surface area contributed by atoms with Crippen molar-refractivity contribution < 1.29 is 9.53 Å². The molecule has 0 aromatic rings. The van der Waals surface area contributed by atoms with Gasteiger partial charge in [-0.15, -0.1) is 0 Å². The van der Waals surface area contributed by atoms with Crippen LogP contribution in [0.4, 0.5) is 0 Å². The molecule has 1 aliphatic heterocycles. The summed E-state index contributed by atoms with van der Waals surface area (Å²) >= 11 is 0. The summed E-state index contributed by atoms with van der Waals surface area (Å²) < 4.78 is 5.86. The van der Waals surface area contributed by atoms with Gasteiger partial charge in [-0.2, -0.15) is 0 Å². The first-order valence-electron chi connectivity index (χ1n) is 9.06. The Bertz CT molecular complexity index is 322. The summed E-state index contributed by atoms with van der Waals surface area (Å²) in [6.07, 6.45) is 4.91. The molecule has 1 heterocycles. The molecule has 0 aromatic heterocycles. The standard InChI is InChI=1S/C18H36N2O2/c1-6-15(3)9-8-10-20-11-12-22-17(14-20)13-19(5)18(21)16(4)7-2/h15-17H,6-14H2,1-5H3/t15?,16?,17-/m0/s1. The highest BCUT2D eigenvalue weighted by molar-refractivity contribution is 5.78. The van der Waals surface area contributed by atoms with E-state index in [9.17, 15) is 4.79 Å². The fourth-order valence-corrected chi connectivity index (χ4v) is 2.91. The zero-order valence-electron chi connectivity index (χ0n) is 15.3. The van der Waals surface area contributed by atoms with Gasteiger partial charge in [-0.05, 0) is 31.7 Å². The van der Waals surface area contributed by atoms with Gasteiger partial charge in [-0.25, -0.2) is 0 Å². The van der Waals surface area contributed by atoms with E-state index in [1.54, 1.807) is 0 Å². The Morgan fingerprint density at radius 1 is 1.32 bits per heavy atom. The van der Waals surface area contributed by atoms with Gasteiger partial charge < -0.3 is 9.64 Å². The number of hydrogen-bond acceptors (Lipinski definition) is 3. The second kappa shape index (κ2) is 10.2. The van der Waals surface area contributed by atoms with E-state index in [0.29, 0.717) is 6.54 Å². The zero-order chi connectivity index (χ0) is 16.5. The maximum absolute atomic E-state index is 12.2. The minimum absolute atomic E-state index is 0.111. The van der Waals surface area contributed by atoms with Gasteiger partial charge in [0, 0.05) is 32.6 Å². The smallest absolute Gasteiger partial charge is 0.225 e. The lowest BCUT2D eigenvalue weighted by Crippen LogP contribution is -2.48. The first-order chi connectivity index (χ1) is 10.5. The maximum atomic E-state index is 12.2. The molecule has 2 unspecified atom stereocenters. The van der Waals surface area contributed by atoms with Crippen LogP contribution in [0.5, 0.6) is 0 Å². The average molecular weight is 312 g/mol. The predicted molar refractivity (Wildman–Crippen MR) is 92.0 cm³/mol. The summed E-state index contributed by atoms with van der Waals surface area (Å²) in [4.78, 5) is 16.5. The molecule has 1 amide bonds. The molecular weight excluding hydrogens is 276 g/mol. The highest BCUT2D eigenvalue weighted by Gasteiger charge is 2.24. The van der Waals surface area contributed by atoms with Gasteiger partial charge >= 0.3 is 0 Å². The van der Waals surface area contributed by atoms with Crippen LogP contribution in [0.1, 0.15) is 53.4 Å². The maximum Gasteiger partial charge on any atom is 0.225 e. The second-order valence-corrected chi connectivity index (χ2v) is 6.98. The molecule has 22 heavy (non-hydrogen) atoms. The van der Waals surface area contributed by atoms with Gasteiger partial charge in [-0.1, -0.05) is 34.1 Å². The van der Waals surface area contributed by atoms with Crippen molar-refractivity contribution in [1.29, 1.82) is 0 Å². The van der Waals surface area contributed by atoms with Crippen molar-refractivity contribution in [3.05, 3.63) is 0 Å². The normalized spacial score (nSPS) is 22.3. The summed E-state index contributed by atoms with van der Waals surface area (Å²) in [6, 6.07) is 0. The average Bonchev–Trinajstić information content (AvgIpc) is 2.53. The molecule has 130 valence electrons. The van der Waals surface area contributed by atoms with Gasteiger partial charge in [0.1, 0.15) is 0 Å². The quantitative estimate of drug-likeness (QED) is 0.656. The fourth-order valence-electron chi connectivity index (χ4n) is 2.91. The molecule has 1 aliphatic rings. The topological polar surface area (TPSA) is 32.8 Å². The van der Waals surface area contributed by atoms with Crippen LogP contribution < -0.4 is 0 Å². The van der Waals surface area contributed by atoms with Crippen molar-refractivity contribution in [2.24, 2.45) is 11.8 Å². The molecule has 1 saturated heterocycles. The van der Waals surface area contributed by atoms with Crippen LogP contribution in [0.15, 0.2) is 0 Å². The third kappa shape index (κ3) is 6.66. The number of likely N-dealkylation sites (N-methyl/N-ethyl adjacent to an activating group) is 1. The van der Waals surface area contributed by atoms with E-state index >= 15 is 0 Å². The lowest BCUT2D eigenvalue weighted by molar-refractivity contribution is -0.136. The van der Waals surface area contributed by atoms with E-state index in [0.717, 1.165) is 38.6 Å².